The number of hydrogen-bond donors (Lipinski definition) is 0. The molecular formula is C8H18O2Si. The van der Waals surface area contributed by atoms with Gasteiger partial charge >= 0.3 is 10.0 Å². The first-order chi connectivity index (χ1) is 5.20. The van der Waals surface area contributed by atoms with Gasteiger partial charge in [-0.2, -0.15) is 0 Å². The zero-order valence-corrected chi connectivity index (χ0v) is 8.89. The molecule has 66 valence electrons. The minimum atomic E-state index is 0.207. The molecule has 3 heteroatoms. The first kappa shape index (κ1) is 11.1. The van der Waals surface area contributed by atoms with Gasteiger partial charge in [-0.25, -0.2) is 0 Å². The van der Waals surface area contributed by atoms with Crippen LogP contribution in [0.25, 0.3) is 0 Å². The molecule has 0 heterocycles. The quantitative estimate of drug-likeness (QED) is 0.574. The van der Waals surface area contributed by atoms with Crippen LogP contribution in [0.1, 0.15) is 40.5 Å². The summed E-state index contributed by atoms with van der Waals surface area (Å²) in [5.74, 6) is 0. The molecular weight excluding hydrogens is 156 g/mol. The lowest BCUT2D eigenvalue weighted by molar-refractivity contribution is 0.131. The van der Waals surface area contributed by atoms with Crippen molar-refractivity contribution in [1.82, 2.24) is 0 Å². The van der Waals surface area contributed by atoms with Crippen molar-refractivity contribution in [3.63, 3.8) is 0 Å². The van der Waals surface area contributed by atoms with Crippen LogP contribution < -0.4 is 0 Å². The van der Waals surface area contributed by atoms with E-state index >= 15 is 0 Å². The summed E-state index contributed by atoms with van der Waals surface area (Å²) in [7, 11) is 0.207. The highest BCUT2D eigenvalue weighted by atomic mass is 28.3. The first-order valence-electron chi connectivity index (χ1n) is 4.27. The lowest BCUT2D eigenvalue weighted by Crippen LogP contribution is -2.17. The SMILES string of the molecule is CCC(C)O[Si]OC(C)CC. The highest BCUT2D eigenvalue weighted by Crippen LogP contribution is 1.98. The van der Waals surface area contributed by atoms with E-state index in [0.717, 1.165) is 12.8 Å². The van der Waals surface area contributed by atoms with Gasteiger partial charge in [0.2, 0.25) is 0 Å². The van der Waals surface area contributed by atoms with E-state index in [1.807, 2.05) is 0 Å². The second kappa shape index (κ2) is 6.82. The minimum Gasteiger partial charge on any atom is -0.390 e. The van der Waals surface area contributed by atoms with E-state index in [-0.39, 0.29) is 10.0 Å². The van der Waals surface area contributed by atoms with Crippen LogP contribution in [0.2, 0.25) is 0 Å². The lowest BCUT2D eigenvalue weighted by atomic mass is 10.3. The molecule has 0 aromatic carbocycles. The Hall–Kier alpha value is 0.137. The van der Waals surface area contributed by atoms with E-state index in [4.69, 9.17) is 8.85 Å². The molecule has 0 amide bonds. The molecule has 0 saturated carbocycles. The van der Waals surface area contributed by atoms with Crippen LogP contribution >= 0.6 is 0 Å². The van der Waals surface area contributed by atoms with Crippen LogP contribution in [0.4, 0.5) is 0 Å². The summed E-state index contributed by atoms with van der Waals surface area (Å²) < 4.78 is 10.7. The van der Waals surface area contributed by atoms with E-state index in [1.165, 1.54) is 0 Å². The van der Waals surface area contributed by atoms with Gasteiger partial charge in [0.05, 0.1) is 0 Å². The lowest BCUT2D eigenvalue weighted by Gasteiger charge is -2.12. The summed E-state index contributed by atoms with van der Waals surface area (Å²) in [6.07, 6.45) is 2.77. The predicted molar refractivity (Wildman–Crippen MR) is 47.4 cm³/mol. The Morgan fingerprint density at radius 3 is 1.64 bits per heavy atom. The maximum Gasteiger partial charge on any atom is 0.433 e. The molecule has 0 N–H and O–H groups in total. The normalized spacial score (nSPS) is 16.4. The maximum absolute atomic E-state index is 5.37. The van der Waals surface area contributed by atoms with Gasteiger partial charge in [-0.15, -0.1) is 0 Å². The average Bonchev–Trinajstić information content (AvgIpc) is 2.04. The Balaban J connectivity index is 3.13. The van der Waals surface area contributed by atoms with Crippen molar-refractivity contribution in [2.45, 2.75) is 52.7 Å². The second-order valence-corrected chi connectivity index (χ2v) is 3.39. The molecule has 11 heavy (non-hydrogen) atoms. The fourth-order valence-electron chi connectivity index (χ4n) is 0.359. The van der Waals surface area contributed by atoms with Gasteiger partial charge in [0.1, 0.15) is 0 Å². The van der Waals surface area contributed by atoms with E-state index in [1.54, 1.807) is 0 Å². The summed E-state index contributed by atoms with van der Waals surface area (Å²) in [5, 5.41) is 0. The van der Waals surface area contributed by atoms with Crippen LogP contribution in [-0.4, -0.2) is 22.2 Å². The Kier molecular flexibility index (Phi) is 6.91. The van der Waals surface area contributed by atoms with Gasteiger partial charge in [-0.1, -0.05) is 13.8 Å². The van der Waals surface area contributed by atoms with Crippen molar-refractivity contribution in [2.24, 2.45) is 0 Å². The Morgan fingerprint density at radius 1 is 1.00 bits per heavy atom. The van der Waals surface area contributed by atoms with E-state index in [9.17, 15) is 0 Å². The molecule has 0 aliphatic carbocycles. The summed E-state index contributed by atoms with van der Waals surface area (Å²) in [6, 6.07) is 0. The van der Waals surface area contributed by atoms with Crippen LogP contribution in [0.5, 0.6) is 0 Å². The van der Waals surface area contributed by atoms with Crippen LogP contribution in [0.15, 0.2) is 0 Å². The molecule has 0 aliphatic heterocycles. The smallest absolute Gasteiger partial charge is 0.390 e. The Bertz CT molecular complexity index is 78.2. The summed E-state index contributed by atoms with van der Waals surface area (Å²) in [6.45, 7) is 8.34. The molecule has 0 fully saturated rings. The second-order valence-electron chi connectivity index (χ2n) is 2.76. The molecule has 0 bridgehead atoms. The van der Waals surface area contributed by atoms with E-state index in [0.29, 0.717) is 12.2 Å². The van der Waals surface area contributed by atoms with Crippen LogP contribution in [-0.2, 0) is 8.85 Å². The molecule has 0 rings (SSSR count). The zero-order chi connectivity index (χ0) is 8.69. The van der Waals surface area contributed by atoms with Gasteiger partial charge in [0.15, 0.2) is 0 Å². The summed E-state index contributed by atoms with van der Waals surface area (Å²) in [5.41, 5.74) is 0. The molecule has 0 spiro atoms. The summed E-state index contributed by atoms with van der Waals surface area (Å²) >= 11 is 0. The molecule has 2 radical (unpaired) electrons. The van der Waals surface area contributed by atoms with Crippen molar-refractivity contribution < 1.29 is 8.85 Å². The topological polar surface area (TPSA) is 18.5 Å². The monoisotopic (exact) mass is 174 g/mol. The van der Waals surface area contributed by atoms with Gasteiger partial charge in [-0.05, 0) is 26.7 Å². The molecule has 0 saturated heterocycles. The standard InChI is InChI=1S/C8H18O2Si/c1-5-7(3)9-11-10-8(4)6-2/h7-8H,5-6H2,1-4H3. The molecule has 0 aliphatic rings. The van der Waals surface area contributed by atoms with E-state index < -0.39 is 0 Å². The number of hydrogen-bond acceptors (Lipinski definition) is 2. The molecule has 0 aromatic rings. The Labute approximate surface area is 72.3 Å². The molecule has 2 nitrogen and oxygen atoms in total. The van der Waals surface area contributed by atoms with Crippen molar-refractivity contribution in [3.8, 4) is 0 Å². The van der Waals surface area contributed by atoms with Crippen molar-refractivity contribution in [1.29, 1.82) is 0 Å². The summed E-state index contributed by atoms with van der Waals surface area (Å²) in [4.78, 5) is 0. The predicted octanol–water partition coefficient (Wildman–Crippen LogP) is 2.15. The third-order valence-corrected chi connectivity index (χ3v) is 2.65. The highest BCUT2D eigenvalue weighted by molar-refractivity contribution is 6.18. The van der Waals surface area contributed by atoms with Gasteiger partial charge in [0.25, 0.3) is 0 Å². The third kappa shape index (κ3) is 6.53. The van der Waals surface area contributed by atoms with Gasteiger partial charge < -0.3 is 8.85 Å². The van der Waals surface area contributed by atoms with Crippen molar-refractivity contribution in [2.75, 3.05) is 0 Å². The Morgan fingerprint density at radius 2 is 1.36 bits per heavy atom. The third-order valence-electron chi connectivity index (χ3n) is 1.65. The van der Waals surface area contributed by atoms with Crippen molar-refractivity contribution >= 4 is 10.0 Å². The first-order valence-corrected chi connectivity index (χ1v) is 5.08. The fraction of sp³-hybridized carbons (Fsp3) is 1.00. The number of rotatable bonds is 6. The fourth-order valence-corrected chi connectivity index (χ4v) is 1.08. The van der Waals surface area contributed by atoms with Crippen LogP contribution in [0, 0.1) is 0 Å². The highest BCUT2D eigenvalue weighted by Gasteiger charge is 2.03. The van der Waals surface area contributed by atoms with Crippen molar-refractivity contribution in [3.05, 3.63) is 0 Å². The van der Waals surface area contributed by atoms with Gasteiger partial charge in [-0.3, -0.25) is 0 Å². The largest absolute Gasteiger partial charge is 0.433 e. The molecule has 0 aromatic heterocycles. The zero-order valence-electron chi connectivity index (χ0n) is 7.89. The van der Waals surface area contributed by atoms with Gasteiger partial charge in [0, 0.05) is 12.2 Å². The maximum atomic E-state index is 5.37. The van der Waals surface area contributed by atoms with Crippen LogP contribution in [0.3, 0.4) is 0 Å². The molecule has 2 atom stereocenters. The van der Waals surface area contributed by atoms with E-state index in [2.05, 4.69) is 27.7 Å². The molecule has 2 unspecified atom stereocenters. The minimum absolute atomic E-state index is 0.207. The average molecular weight is 174 g/mol.